The highest BCUT2D eigenvalue weighted by atomic mass is 32.2. The summed E-state index contributed by atoms with van der Waals surface area (Å²) in [4.78, 5) is 0.167. The van der Waals surface area contributed by atoms with Crippen LogP contribution in [0.1, 0.15) is 31.0 Å². The minimum absolute atomic E-state index is 0.167. The summed E-state index contributed by atoms with van der Waals surface area (Å²) >= 11 is 1.01. The van der Waals surface area contributed by atoms with Gasteiger partial charge in [-0.3, -0.25) is 0 Å². The van der Waals surface area contributed by atoms with Crippen LogP contribution >= 0.6 is 11.7 Å². The van der Waals surface area contributed by atoms with Crippen molar-refractivity contribution in [2.45, 2.75) is 31.2 Å². The maximum atomic E-state index is 12.7. The van der Waals surface area contributed by atoms with E-state index in [2.05, 4.69) is 20.4 Å². The van der Waals surface area contributed by atoms with Gasteiger partial charge in [0.1, 0.15) is 15.9 Å². The topological polar surface area (TPSA) is 72.0 Å². The van der Waals surface area contributed by atoms with Crippen molar-refractivity contribution in [3.63, 3.8) is 0 Å². The summed E-state index contributed by atoms with van der Waals surface area (Å²) in [6.07, 6.45) is 0.958. The Morgan fingerprint density at radius 2 is 1.87 bits per heavy atom. The molecule has 0 bridgehead atoms. The van der Waals surface area contributed by atoms with E-state index in [1.165, 1.54) is 5.56 Å². The summed E-state index contributed by atoms with van der Waals surface area (Å²) in [7, 11) is -3.67. The Balaban J connectivity index is 1.89. The second-order valence-corrected chi connectivity index (χ2v) is 7.54. The standard InChI is InChI=1S/C16H17N3O2S2/c1-3-12-7-9-13(10-8-12)11(2)19-23(20,21)15-6-4-5-14-16(15)18-22-17-14/h4-11,19H,3H2,1-2H3. The number of rotatable bonds is 5. The van der Waals surface area contributed by atoms with Crippen LogP contribution in [-0.4, -0.2) is 17.2 Å². The van der Waals surface area contributed by atoms with Gasteiger partial charge in [-0.25, -0.2) is 13.1 Å². The number of hydrogen-bond acceptors (Lipinski definition) is 5. The van der Waals surface area contributed by atoms with Gasteiger partial charge in [0.25, 0.3) is 0 Å². The molecule has 7 heteroatoms. The van der Waals surface area contributed by atoms with Crippen LogP contribution < -0.4 is 4.72 Å². The smallest absolute Gasteiger partial charge is 0.207 e. The summed E-state index contributed by atoms with van der Waals surface area (Å²) in [5, 5.41) is 0. The van der Waals surface area contributed by atoms with Crippen LogP contribution in [0.3, 0.4) is 0 Å². The van der Waals surface area contributed by atoms with Crippen LogP contribution in [0.5, 0.6) is 0 Å². The number of benzene rings is 2. The van der Waals surface area contributed by atoms with Crippen LogP contribution in [-0.2, 0) is 16.4 Å². The molecular formula is C16H17N3O2S2. The summed E-state index contributed by atoms with van der Waals surface area (Å²) in [5.41, 5.74) is 3.16. The first kappa shape index (κ1) is 16.0. The maximum absolute atomic E-state index is 12.7. The molecule has 5 nitrogen and oxygen atoms in total. The highest BCUT2D eigenvalue weighted by molar-refractivity contribution is 7.89. The van der Waals surface area contributed by atoms with Crippen molar-refractivity contribution in [3.05, 3.63) is 53.6 Å². The van der Waals surface area contributed by atoms with Crippen molar-refractivity contribution >= 4 is 32.8 Å². The first-order valence-corrected chi connectivity index (χ1v) is 9.55. The Hall–Kier alpha value is -1.83. The highest BCUT2D eigenvalue weighted by Crippen LogP contribution is 2.23. The van der Waals surface area contributed by atoms with Crippen LogP contribution in [0.4, 0.5) is 0 Å². The predicted octanol–water partition coefficient (Wildman–Crippen LogP) is 3.29. The van der Waals surface area contributed by atoms with E-state index in [0.29, 0.717) is 11.0 Å². The van der Waals surface area contributed by atoms with E-state index in [-0.39, 0.29) is 10.9 Å². The van der Waals surface area contributed by atoms with Crippen LogP contribution in [0.25, 0.3) is 11.0 Å². The molecule has 3 aromatic rings. The highest BCUT2D eigenvalue weighted by Gasteiger charge is 2.22. The minimum atomic E-state index is -3.67. The Morgan fingerprint density at radius 1 is 1.13 bits per heavy atom. The van der Waals surface area contributed by atoms with Gasteiger partial charge in [0, 0.05) is 6.04 Å². The maximum Gasteiger partial charge on any atom is 0.243 e. The monoisotopic (exact) mass is 347 g/mol. The number of aryl methyl sites for hydroxylation is 1. The van der Waals surface area contributed by atoms with Gasteiger partial charge >= 0.3 is 0 Å². The summed E-state index contributed by atoms with van der Waals surface area (Å²) in [6.45, 7) is 3.92. The number of nitrogens with one attached hydrogen (secondary N) is 1. The Morgan fingerprint density at radius 3 is 2.57 bits per heavy atom. The number of nitrogens with zero attached hydrogens (tertiary/aromatic N) is 2. The molecule has 1 unspecified atom stereocenters. The molecule has 1 atom stereocenters. The first-order valence-electron chi connectivity index (χ1n) is 7.33. The molecule has 0 saturated heterocycles. The normalized spacial score (nSPS) is 13.3. The minimum Gasteiger partial charge on any atom is -0.207 e. The summed E-state index contributed by atoms with van der Waals surface area (Å²) in [5.74, 6) is 0. The quantitative estimate of drug-likeness (QED) is 0.769. The molecule has 3 rings (SSSR count). The largest absolute Gasteiger partial charge is 0.243 e. The van der Waals surface area contributed by atoms with Crippen molar-refractivity contribution < 1.29 is 8.42 Å². The molecule has 1 aromatic heterocycles. The molecular weight excluding hydrogens is 330 g/mol. The lowest BCUT2D eigenvalue weighted by Gasteiger charge is -2.15. The van der Waals surface area contributed by atoms with E-state index < -0.39 is 10.0 Å². The second kappa shape index (κ2) is 6.35. The van der Waals surface area contributed by atoms with Gasteiger partial charge in [-0.15, -0.1) is 0 Å². The molecule has 0 aliphatic heterocycles. The summed E-state index contributed by atoms with van der Waals surface area (Å²) < 4.78 is 36.3. The van der Waals surface area contributed by atoms with E-state index in [0.717, 1.165) is 23.7 Å². The van der Waals surface area contributed by atoms with E-state index in [1.807, 2.05) is 31.2 Å². The Kier molecular flexibility index (Phi) is 4.43. The number of hydrogen-bond donors (Lipinski definition) is 1. The SMILES string of the molecule is CCc1ccc(C(C)NS(=O)(=O)c2cccc3nsnc23)cc1. The lowest BCUT2D eigenvalue weighted by molar-refractivity contribution is 0.567. The zero-order valence-corrected chi connectivity index (χ0v) is 14.5. The number of aromatic nitrogens is 2. The molecule has 120 valence electrons. The van der Waals surface area contributed by atoms with E-state index in [9.17, 15) is 8.42 Å². The third-order valence-electron chi connectivity index (χ3n) is 3.76. The summed E-state index contributed by atoms with van der Waals surface area (Å²) in [6, 6.07) is 12.6. The van der Waals surface area contributed by atoms with Crippen LogP contribution in [0.2, 0.25) is 0 Å². The van der Waals surface area contributed by atoms with Crippen LogP contribution in [0, 0.1) is 0 Å². The molecule has 0 spiro atoms. The Labute approximate surface area is 139 Å². The van der Waals surface area contributed by atoms with Gasteiger partial charge in [-0.2, -0.15) is 8.75 Å². The fourth-order valence-corrected chi connectivity index (χ4v) is 4.40. The Bertz CT molecular complexity index is 918. The van der Waals surface area contributed by atoms with Crippen molar-refractivity contribution in [1.29, 1.82) is 0 Å². The number of fused-ring (bicyclic) bond motifs is 1. The zero-order valence-electron chi connectivity index (χ0n) is 12.9. The van der Waals surface area contributed by atoms with Gasteiger partial charge < -0.3 is 0 Å². The van der Waals surface area contributed by atoms with Gasteiger partial charge in [-0.05, 0) is 36.6 Å². The molecule has 2 aromatic carbocycles. The third kappa shape index (κ3) is 3.26. The molecule has 0 amide bonds. The molecule has 0 saturated carbocycles. The van der Waals surface area contributed by atoms with Gasteiger partial charge in [0.2, 0.25) is 10.0 Å². The van der Waals surface area contributed by atoms with Crippen LogP contribution in [0.15, 0.2) is 47.4 Å². The fraction of sp³-hybridized carbons (Fsp3) is 0.250. The fourth-order valence-electron chi connectivity index (χ4n) is 2.40. The van der Waals surface area contributed by atoms with Gasteiger partial charge in [-0.1, -0.05) is 37.3 Å². The molecule has 0 fully saturated rings. The van der Waals surface area contributed by atoms with E-state index in [1.54, 1.807) is 18.2 Å². The van der Waals surface area contributed by atoms with Crippen molar-refractivity contribution in [2.24, 2.45) is 0 Å². The van der Waals surface area contributed by atoms with Gasteiger partial charge in [0.05, 0.1) is 11.7 Å². The molecule has 1 heterocycles. The first-order chi connectivity index (χ1) is 11.0. The van der Waals surface area contributed by atoms with Crippen molar-refractivity contribution in [2.75, 3.05) is 0 Å². The van der Waals surface area contributed by atoms with Crippen molar-refractivity contribution in [3.8, 4) is 0 Å². The zero-order chi connectivity index (χ0) is 16.4. The molecule has 0 aliphatic rings. The third-order valence-corrected chi connectivity index (χ3v) is 5.87. The lowest BCUT2D eigenvalue weighted by atomic mass is 10.1. The second-order valence-electron chi connectivity index (χ2n) is 5.33. The lowest BCUT2D eigenvalue weighted by Crippen LogP contribution is -2.27. The molecule has 0 radical (unpaired) electrons. The van der Waals surface area contributed by atoms with E-state index >= 15 is 0 Å². The van der Waals surface area contributed by atoms with E-state index in [4.69, 9.17) is 0 Å². The average Bonchev–Trinajstić information content (AvgIpc) is 3.02. The predicted molar refractivity (Wildman–Crippen MR) is 92.0 cm³/mol. The molecule has 0 aliphatic carbocycles. The van der Waals surface area contributed by atoms with Gasteiger partial charge in [0.15, 0.2) is 0 Å². The average molecular weight is 347 g/mol. The molecule has 23 heavy (non-hydrogen) atoms. The van der Waals surface area contributed by atoms with Crippen molar-refractivity contribution in [1.82, 2.24) is 13.5 Å². The molecule has 1 N–H and O–H groups in total. The number of sulfonamides is 1.